The van der Waals surface area contributed by atoms with E-state index in [9.17, 15) is 4.39 Å². The zero-order chi connectivity index (χ0) is 15.5. The van der Waals surface area contributed by atoms with Crippen LogP contribution in [-0.2, 0) is 32.6 Å². The van der Waals surface area contributed by atoms with E-state index in [0.717, 1.165) is 27.7 Å². The first-order valence-electron chi connectivity index (χ1n) is 7.17. The van der Waals surface area contributed by atoms with Crippen LogP contribution in [0.1, 0.15) is 11.3 Å². The topological polar surface area (TPSA) is 12.9 Å². The molecule has 0 unspecified atom stereocenters. The average Bonchev–Trinajstić information content (AvgIpc) is 2.56. The molecule has 0 fully saturated rings. The fourth-order valence-electron chi connectivity index (χ4n) is 2.53. The Balaban J connectivity index is 0.00000192. The van der Waals surface area contributed by atoms with Crippen LogP contribution in [0.15, 0.2) is 42.5 Å². The van der Waals surface area contributed by atoms with Crippen molar-refractivity contribution in [2.75, 3.05) is 0 Å². The molecule has 0 aliphatic rings. The molecule has 5 radical (unpaired) electrons. The molecule has 1 heterocycles. The van der Waals surface area contributed by atoms with Crippen molar-refractivity contribution in [3.8, 4) is 11.3 Å². The number of aromatic nitrogens is 1. The SMILES string of the molecule is [CH]Cc1cc2ccccc2c(-c2[c-]c(C[Si]C)c(F)cc2)n1.[Ir]. The van der Waals surface area contributed by atoms with E-state index in [0.29, 0.717) is 27.5 Å². The van der Waals surface area contributed by atoms with Gasteiger partial charge in [0.2, 0.25) is 0 Å². The first-order valence-corrected chi connectivity index (χ1v) is 8.88. The summed E-state index contributed by atoms with van der Waals surface area (Å²) in [5.41, 5.74) is 3.09. The van der Waals surface area contributed by atoms with Crippen LogP contribution in [0.3, 0.4) is 0 Å². The Morgan fingerprint density at radius 3 is 2.74 bits per heavy atom. The van der Waals surface area contributed by atoms with Crippen molar-refractivity contribution in [1.82, 2.24) is 4.98 Å². The van der Waals surface area contributed by atoms with Crippen molar-refractivity contribution in [3.05, 3.63) is 72.5 Å². The third-order valence-corrected chi connectivity index (χ3v) is 4.29. The van der Waals surface area contributed by atoms with Gasteiger partial charge in [-0.2, -0.15) is 0 Å². The molecule has 0 saturated carbocycles. The molecule has 0 N–H and O–H groups in total. The number of pyridine rings is 1. The molecule has 0 aliphatic carbocycles. The molecular weight excluding hydrogens is 482 g/mol. The second-order valence-corrected chi connectivity index (χ2v) is 6.18. The fourth-order valence-corrected chi connectivity index (χ4v) is 3.14. The summed E-state index contributed by atoms with van der Waals surface area (Å²) >= 11 is 0. The zero-order valence-electron chi connectivity index (χ0n) is 12.7. The second kappa shape index (κ2) is 7.96. The Hall–Kier alpha value is -1.35. The van der Waals surface area contributed by atoms with Crippen molar-refractivity contribution >= 4 is 20.3 Å². The molecule has 0 spiro atoms. The van der Waals surface area contributed by atoms with E-state index in [-0.39, 0.29) is 25.9 Å². The molecule has 0 atom stereocenters. The van der Waals surface area contributed by atoms with E-state index in [1.54, 1.807) is 6.07 Å². The Morgan fingerprint density at radius 1 is 1.22 bits per heavy atom. The molecule has 117 valence electrons. The minimum atomic E-state index is -0.197. The molecular formula is C19H15FIrNSi-. The summed E-state index contributed by atoms with van der Waals surface area (Å²) in [7, 11) is 0.653. The van der Waals surface area contributed by atoms with Crippen LogP contribution in [-0.4, -0.2) is 14.5 Å². The predicted molar refractivity (Wildman–Crippen MR) is 89.3 cm³/mol. The van der Waals surface area contributed by atoms with Crippen molar-refractivity contribution in [2.24, 2.45) is 0 Å². The Labute approximate surface area is 152 Å². The molecule has 2 aromatic carbocycles. The number of benzene rings is 2. The minimum Gasteiger partial charge on any atom is -0.301 e. The molecule has 23 heavy (non-hydrogen) atoms. The number of rotatable bonds is 4. The van der Waals surface area contributed by atoms with Crippen molar-refractivity contribution < 1.29 is 24.5 Å². The molecule has 4 heteroatoms. The zero-order valence-corrected chi connectivity index (χ0v) is 16.1. The third kappa shape index (κ3) is 3.77. The van der Waals surface area contributed by atoms with Crippen LogP contribution < -0.4 is 0 Å². The van der Waals surface area contributed by atoms with Gasteiger partial charge in [0.15, 0.2) is 0 Å². The van der Waals surface area contributed by atoms with Crippen molar-refractivity contribution in [3.63, 3.8) is 0 Å². The maximum Gasteiger partial charge on any atom is 0.0408 e. The first-order chi connectivity index (χ1) is 10.7. The van der Waals surface area contributed by atoms with Gasteiger partial charge in [0.25, 0.3) is 0 Å². The number of fused-ring (bicyclic) bond motifs is 1. The Morgan fingerprint density at radius 2 is 2.00 bits per heavy atom. The van der Waals surface area contributed by atoms with E-state index in [4.69, 9.17) is 6.92 Å². The van der Waals surface area contributed by atoms with Crippen LogP contribution >= 0.6 is 0 Å². The first kappa shape index (κ1) is 18.0. The van der Waals surface area contributed by atoms with E-state index in [2.05, 4.69) is 17.6 Å². The number of halogens is 1. The smallest absolute Gasteiger partial charge is 0.0408 e. The molecule has 0 saturated heterocycles. The number of hydrogen-bond acceptors (Lipinski definition) is 1. The quantitative estimate of drug-likeness (QED) is 0.387. The van der Waals surface area contributed by atoms with Gasteiger partial charge in [-0.3, -0.25) is 4.39 Å². The van der Waals surface area contributed by atoms with Gasteiger partial charge in [0.05, 0.1) is 0 Å². The summed E-state index contributed by atoms with van der Waals surface area (Å²) in [6, 6.07) is 17.2. The summed E-state index contributed by atoms with van der Waals surface area (Å²) < 4.78 is 13.9. The van der Waals surface area contributed by atoms with Gasteiger partial charge >= 0.3 is 0 Å². The Kier molecular flexibility index (Phi) is 6.22. The molecule has 1 aromatic heterocycles. The van der Waals surface area contributed by atoms with Gasteiger partial charge in [-0.1, -0.05) is 42.4 Å². The van der Waals surface area contributed by atoms with Gasteiger partial charge in [-0.15, -0.1) is 23.8 Å². The molecule has 0 aliphatic heterocycles. The van der Waals surface area contributed by atoms with Crippen LogP contribution in [0.5, 0.6) is 0 Å². The summed E-state index contributed by atoms with van der Waals surface area (Å²) in [5.74, 6) is -0.197. The maximum absolute atomic E-state index is 13.9. The van der Waals surface area contributed by atoms with Gasteiger partial charge in [-0.25, -0.2) is 0 Å². The van der Waals surface area contributed by atoms with E-state index in [1.165, 1.54) is 6.07 Å². The molecule has 0 bridgehead atoms. The van der Waals surface area contributed by atoms with Gasteiger partial charge < -0.3 is 4.98 Å². The molecule has 1 nitrogen and oxygen atoms in total. The van der Waals surface area contributed by atoms with Crippen LogP contribution in [0.4, 0.5) is 4.39 Å². The normalized spacial score (nSPS) is 10.6. The maximum atomic E-state index is 13.9. The second-order valence-electron chi connectivity index (χ2n) is 5.12. The van der Waals surface area contributed by atoms with Crippen molar-refractivity contribution in [2.45, 2.75) is 19.0 Å². The van der Waals surface area contributed by atoms with Gasteiger partial charge in [-0.05, 0) is 35.9 Å². The number of nitrogens with zero attached hydrogens (tertiary/aromatic N) is 1. The van der Waals surface area contributed by atoms with E-state index in [1.807, 2.05) is 30.3 Å². The monoisotopic (exact) mass is 497 g/mol. The fraction of sp³-hybridized carbons (Fsp3) is 0.158. The largest absolute Gasteiger partial charge is 0.301 e. The van der Waals surface area contributed by atoms with Crippen molar-refractivity contribution in [1.29, 1.82) is 0 Å². The Bertz CT molecular complexity index is 820. The van der Waals surface area contributed by atoms with Gasteiger partial charge in [0.1, 0.15) is 0 Å². The average molecular weight is 497 g/mol. The molecule has 3 rings (SSSR count). The van der Waals surface area contributed by atoms with Crippen LogP contribution in [0.2, 0.25) is 6.55 Å². The number of hydrogen-bond donors (Lipinski definition) is 0. The summed E-state index contributed by atoms with van der Waals surface area (Å²) in [4.78, 5) is 4.64. The van der Waals surface area contributed by atoms with Gasteiger partial charge in [0, 0.05) is 41.1 Å². The summed E-state index contributed by atoms with van der Waals surface area (Å²) in [5, 5.41) is 2.12. The van der Waals surface area contributed by atoms with E-state index < -0.39 is 0 Å². The van der Waals surface area contributed by atoms with Crippen LogP contribution in [0.25, 0.3) is 22.0 Å². The standard InChI is InChI=1S/C19H15FNSi.Ir/c1-3-16-11-13-6-4-5-7-17(13)19(21-16)14-8-9-18(20)15(10-14)12-22-2;/h1,4-9,11H,3,12H2,2H3;/q-1;. The van der Waals surface area contributed by atoms with E-state index >= 15 is 0 Å². The predicted octanol–water partition coefficient (Wildman–Crippen LogP) is 4.34. The minimum absolute atomic E-state index is 0. The summed E-state index contributed by atoms with van der Waals surface area (Å²) in [6.45, 7) is 7.82. The van der Waals surface area contributed by atoms with Crippen LogP contribution in [0, 0.1) is 18.8 Å². The third-order valence-electron chi connectivity index (χ3n) is 3.58. The molecule has 3 aromatic rings. The summed E-state index contributed by atoms with van der Waals surface area (Å²) in [6.07, 6.45) is 0.377. The molecule has 0 amide bonds.